The van der Waals surface area contributed by atoms with Crippen LogP contribution in [-0.4, -0.2) is 42.4 Å². The smallest absolute Gasteiger partial charge is 0.252 e. The van der Waals surface area contributed by atoms with Gasteiger partial charge in [-0.05, 0) is 51.9 Å². The third-order valence-corrected chi connectivity index (χ3v) is 4.95. The number of halogens is 2. The molecule has 1 amide bonds. The van der Waals surface area contributed by atoms with Crippen molar-refractivity contribution in [3.63, 3.8) is 0 Å². The van der Waals surface area contributed by atoms with Gasteiger partial charge in [-0.2, -0.15) is 0 Å². The monoisotopic (exact) mass is 354 g/mol. The highest BCUT2D eigenvalue weighted by Crippen LogP contribution is 2.31. The van der Waals surface area contributed by atoms with Crippen molar-refractivity contribution in [3.8, 4) is 0 Å². The van der Waals surface area contributed by atoms with Gasteiger partial charge in [-0.15, -0.1) is 11.6 Å². The number of carbonyl (C=O) groups excluding carboxylic acids is 1. The molecule has 23 heavy (non-hydrogen) atoms. The highest BCUT2D eigenvalue weighted by Gasteiger charge is 2.35. The van der Waals surface area contributed by atoms with E-state index in [0.29, 0.717) is 0 Å². The summed E-state index contributed by atoms with van der Waals surface area (Å²) < 4.78 is 0. The zero-order valence-electron chi connectivity index (χ0n) is 13.7. The summed E-state index contributed by atoms with van der Waals surface area (Å²) >= 11 is 12.1. The molecule has 5 heteroatoms. The van der Waals surface area contributed by atoms with Gasteiger partial charge in [-0.1, -0.05) is 29.8 Å². The summed E-state index contributed by atoms with van der Waals surface area (Å²) in [7, 11) is 4.11. The fraction of sp³-hybridized carbons (Fsp3) is 0.500. The third kappa shape index (κ3) is 4.72. The number of anilines is 1. The van der Waals surface area contributed by atoms with Crippen LogP contribution in [0.5, 0.6) is 0 Å². The van der Waals surface area contributed by atoms with Crippen LogP contribution in [0.1, 0.15) is 25.7 Å². The maximum atomic E-state index is 12.7. The van der Waals surface area contributed by atoms with Crippen LogP contribution in [0.2, 0.25) is 0 Å². The number of rotatable bonds is 4. The van der Waals surface area contributed by atoms with E-state index in [-0.39, 0.29) is 23.4 Å². The lowest BCUT2D eigenvalue weighted by atomic mass is 9.99. The molecule has 1 aromatic carbocycles. The standard InChI is InChI=1S/C18H24Cl2N2O/c1-21(2)17-13-14(20)7-6-10-16(17)22(18(23)11-12-19)15-8-4-3-5-9-15/h3-5,8-9,11-12,14,16-17H,6-7,10,13H2,1-2H3. The van der Waals surface area contributed by atoms with Crippen molar-refractivity contribution in [2.24, 2.45) is 0 Å². The molecule has 3 unspecified atom stereocenters. The maximum absolute atomic E-state index is 12.7. The van der Waals surface area contributed by atoms with Crippen molar-refractivity contribution in [2.75, 3.05) is 19.0 Å². The summed E-state index contributed by atoms with van der Waals surface area (Å²) in [5, 5.41) is 0.156. The Kier molecular flexibility index (Phi) is 6.94. The van der Waals surface area contributed by atoms with E-state index in [2.05, 4.69) is 19.0 Å². The van der Waals surface area contributed by atoms with Gasteiger partial charge in [0.1, 0.15) is 0 Å². The van der Waals surface area contributed by atoms with Gasteiger partial charge in [0.05, 0.1) is 6.04 Å². The van der Waals surface area contributed by atoms with Crippen molar-refractivity contribution in [1.29, 1.82) is 0 Å². The predicted octanol–water partition coefficient (Wildman–Crippen LogP) is 4.25. The second-order valence-electron chi connectivity index (χ2n) is 6.20. The largest absolute Gasteiger partial charge is 0.304 e. The molecular formula is C18H24Cl2N2O. The fourth-order valence-electron chi connectivity index (χ4n) is 3.34. The lowest BCUT2D eigenvalue weighted by molar-refractivity contribution is -0.115. The van der Waals surface area contributed by atoms with Crippen molar-refractivity contribution >= 4 is 34.8 Å². The molecule has 3 atom stereocenters. The van der Waals surface area contributed by atoms with E-state index in [9.17, 15) is 4.79 Å². The summed E-state index contributed by atoms with van der Waals surface area (Å²) in [6.07, 6.45) is 5.24. The van der Waals surface area contributed by atoms with E-state index in [0.717, 1.165) is 31.4 Å². The number of hydrogen-bond donors (Lipinski definition) is 0. The molecule has 1 aromatic rings. The highest BCUT2D eigenvalue weighted by atomic mass is 35.5. The second kappa shape index (κ2) is 8.72. The molecule has 0 spiro atoms. The van der Waals surface area contributed by atoms with E-state index in [4.69, 9.17) is 23.2 Å². The molecule has 1 saturated carbocycles. The summed E-state index contributed by atoms with van der Waals surface area (Å²) in [6, 6.07) is 10.1. The Hall–Kier alpha value is -1.03. The van der Waals surface area contributed by atoms with E-state index in [1.165, 1.54) is 11.6 Å². The minimum absolute atomic E-state index is 0.0801. The van der Waals surface area contributed by atoms with Crippen molar-refractivity contribution in [1.82, 2.24) is 4.90 Å². The topological polar surface area (TPSA) is 23.6 Å². The van der Waals surface area contributed by atoms with Crippen LogP contribution in [0.15, 0.2) is 41.9 Å². The van der Waals surface area contributed by atoms with Gasteiger partial charge in [-0.3, -0.25) is 4.79 Å². The minimum atomic E-state index is -0.0870. The Morgan fingerprint density at radius 3 is 2.48 bits per heavy atom. The molecule has 0 N–H and O–H groups in total. The highest BCUT2D eigenvalue weighted by molar-refractivity contribution is 6.27. The molecule has 3 nitrogen and oxygen atoms in total. The Morgan fingerprint density at radius 2 is 1.87 bits per heavy atom. The van der Waals surface area contributed by atoms with E-state index in [1.807, 2.05) is 35.2 Å². The van der Waals surface area contributed by atoms with Crippen molar-refractivity contribution in [2.45, 2.75) is 43.1 Å². The fourth-order valence-corrected chi connectivity index (χ4v) is 3.78. The molecule has 0 aliphatic heterocycles. The van der Waals surface area contributed by atoms with Gasteiger partial charge in [0.25, 0.3) is 5.91 Å². The normalized spacial score (nSPS) is 25.5. The SMILES string of the molecule is CN(C)C1CC(Cl)CCCC1N(C(=O)C=CCl)c1ccccc1. The van der Waals surface area contributed by atoms with Crippen molar-refractivity contribution in [3.05, 3.63) is 41.9 Å². The maximum Gasteiger partial charge on any atom is 0.252 e. The van der Waals surface area contributed by atoms with Crippen LogP contribution >= 0.6 is 23.2 Å². The zero-order valence-corrected chi connectivity index (χ0v) is 15.2. The first-order valence-electron chi connectivity index (χ1n) is 8.00. The average molecular weight is 355 g/mol. The molecule has 1 aliphatic carbocycles. The summed E-state index contributed by atoms with van der Waals surface area (Å²) in [6.45, 7) is 0. The molecule has 1 fully saturated rings. The molecule has 0 radical (unpaired) electrons. The number of likely N-dealkylation sites (N-methyl/N-ethyl adjacent to an activating group) is 1. The molecule has 2 rings (SSSR count). The molecule has 1 aliphatic rings. The first kappa shape index (κ1) is 18.3. The van der Waals surface area contributed by atoms with Gasteiger partial charge < -0.3 is 9.80 Å². The molecule has 0 saturated heterocycles. The Labute approximate surface area is 148 Å². The molecule has 0 heterocycles. The number of nitrogens with zero attached hydrogens (tertiary/aromatic N) is 2. The number of amides is 1. The first-order chi connectivity index (χ1) is 11.0. The Bertz CT molecular complexity index is 533. The second-order valence-corrected chi connectivity index (χ2v) is 7.07. The third-order valence-electron chi connectivity index (χ3n) is 4.43. The van der Waals surface area contributed by atoms with Crippen LogP contribution in [0, 0.1) is 0 Å². The predicted molar refractivity (Wildman–Crippen MR) is 98.3 cm³/mol. The van der Waals surface area contributed by atoms with Gasteiger partial charge in [-0.25, -0.2) is 0 Å². The van der Waals surface area contributed by atoms with E-state index in [1.54, 1.807) is 0 Å². The van der Waals surface area contributed by atoms with Crippen LogP contribution in [0.4, 0.5) is 5.69 Å². The van der Waals surface area contributed by atoms with Crippen LogP contribution in [-0.2, 0) is 4.79 Å². The average Bonchev–Trinajstić information content (AvgIpc) is 2.71. The molecule has 126 valence electrons. The van der Waals surface area contributed by atoms with E-state index >= 15 is 0 Å². The van der Waals surface area contributed by atoms with Crippen molar-refractivity contribution < 1.29 is 4.79 Å². The van der Waals surface area contributed by atoms with Crippen LogP contribution < -0.4 is 4.90 Å². The number of para-hydroxylation sites is 1. The number of carbonyl (C=O) groups is 1. The number of benzene rings is 1. The van der Waals surface area contributed by atoms with Gasteiger partial charge >= 0.3 is 0 Å². The van der Waals surface area contributed by atoms with Gasteiger partial charge in [0.2, 0.25) is 0 Å². The Morgan fingerprint density at radius 1 is 1.17 bits per heavy atom. The lowest BCUT2D eigenvalue weighted by Gasteiger charge is -2.39. The van der Waals surface area contributed by atoms with Gasteiger partial charge in [0.15, 0.2) is 0 Å². The van der Waals surface area contributed by atoms with Crippen LogP contribution in [0.3, 0.4) is 0 Å². The summed E-state index contributed by atoms with van der Waals surface area (Å²) in [5.74, 6) is -0.0870. The lowest BCUT2D eigenvalue weighted by Crippen LogP contribution is -2.52. The summed E-state index contributed by atoms with van der Waals surface area (Å²) in [4.78, 5) is 16.8. The van der Waals surface area contributed by atoms with Gasteiger partial charge in [0, 0.05) is 28.7 Å². The quantitative estimate of drug-likeness (QED) is 0.458. The molecule has 0 bridgehead atoms. The minimum Gasteiger partial charge on any atom is -0.304 e. The molecule has 0 aromatic heterocycles. The van der Waals surface area contributed by atoms with E-state index < -0.39 is 0 Å². The number of alkyl halides is 1. The summed E-state index contributed by atoms with van der Waals surface area (Å²) in [5.41, 5.74) is 2.18. The zero-order chi connectivity index (χ0) is 16.8. The Balaban J connectivity index is 2.41. The molecular weight excluding hydrogens is 331 g/mol. The first-order valence-corrected chi connectivity index (χ1v) is 8.87. The number of hydrogen-bond acceptors (Lipinski definition) is 2. The van der Waals surface area contributed by atoms with Crippen LogP contribution in [0.25, 0.3) is 0 Å².